The lowest BCUT2D eigenvalue weighted by atomic mass is 9.78. The summed E-state index contributed by atoms with van der Waals surface area (Å²) >= 11 is 0. The van der Waals surface area contributed by atoms with Gasteiger partial charge in [-0.05, 0) is 44.6 Å². The van der Waals surface area contributed by atoms with Crippen molar-refractivity contribution >= 4 is 0 Å². The third-order valence-electron chi connectivity index (χ3n) is 3.13. The Kier molecular flexibility index (Phi) is 7.29. The third kappa shape index (κ3) is 4.63. The number of nitrogens with two attached hydrogens (primary N) is 1. The predicted molar refractivity (Wildman–Crippen MR) is 57.8 cm³/mol. The lowest BCUT2D eigenvalue weighted by Crippen LogP contribution is -2.29. The molecule has 0 spiro atoms. The van der Waals surface area contributed by atoms with E-state index >= 15 is 0 Å². The Hall–Kier alpha value is -0.0800. The van der Waals surface area contributed by atoms with Gasteiger partial charge in [0.2, 0.25) is 0 Å². The number of ether oxygens (including phenoxy) is 1. The average Bonchev–Trinajstić information content (AvgIpc) is 2.20. The summed E-state index contributed by atoms with van der Waals surface area (Å²) in [7, 11) is 0. The van der Waals surface area contributed by atoms with Gasteiger partial charge < -0.3 is 10.5 Å². The zero-order chi connectivity index (χ0) is 10.2. The van der Waals surface area contributed by atoms with Gasteiger partial charge in [-0.25, -0.2) is 0 Å². The second kappa shape index (κ2) is 7.34. The first kappa shape index (κ1) is 12.9. The van der Waals surface area contributed by atoms with Gasteiger partial charge in [-0.2, -0.15) is 0 Å². The van der Waals surface area contributed by atoms with Crippen molar-refractivity contribution in [2.45, 2.75) is 46.5 Å². The summed E-state index contributed by atoms with van der Waals surface area (Å²) in [6.07, 6.45) is 4.72. The fourth-order valence-corrected chi connectivity index (χ4v) is 1.69. The van der Waals surface area contributed by atoms with Gasteiger partial charge in [0.15, 0.2) is 0 Å². The molecule has 0 aliphatic rings. The maximum Gasteiger partial charge on any atom is 0.0466 e. The standard InChI is InChI=1S/C11H25NO/c1-4-11(5-2,10-12)8-7-9-13-6-3/h4-10,12H2,1-3H3. The molecule has 2 N–H and O–H groups in total. The molecule has 0 aromatic rings. The van der Waals surface area contributed by atoms with Crippen LogP contribution in [-0.2, 0) is 4.74 Å². The highest BCUT2D eigenvalue weighted by Gasteiger charge is 2.23. The van der Waals surface area contributed by atoms with Crippen LogP contribution in [0, 0.1) is 5.41 Å². The lowest BCUT2D eigenvalue weighted by molar-refractivity contribution is 0.125. The van der Waals surface area contributed by atoms with E-state index in [2.05, 4.69) is 13.8 Å². The van der Waals surface area contributed by atoms with Gasteiger partial charge in [0.1, 0.15) is 0 Å². The van der Waals surface area contributed by atoms with Gasteiger partial charge in [0, 0.05) is 13.2 Å². The SMILES string of the molecule is CCOCCCC(CC)(CC)CN. The second-order valence-corrected chi connectivity index (χ2v) is 3.71. The molecular weight excluding hydrogens is 162 g/mol. The fourth-order valence-electron chi connectivity index (χ4n) is 1.69. The van der Waals surface area contributed by atoms with Crippen LogP contribution >= 0.6 is 0 Å². The van der Waals surface area contributed by atoms with Crippen molar-refractivity contribution in [3.8, 4) is 0 Å². The van der Waals surface area contributed by atoms with Crippen LogP contribution in [0.1, 0.15) is 46.5 Å². The highest BCUT2D eigenvalue weighted by molar-refractivity contribution is 4.77. The minimum atomic E-state index is 0.372. The van der Waals surface area contributed by atoms with Gasteiger partial charge in [-0.1, -0.05) is 13.8 Å². The van der Waals surface area contributed by atoms with Crippen LogP contribution in [0.4, 0.5) is 0 Å². The Balaban J connectivity index is 3.68. The summed E-state index contributed by atoms with van der Waals surface area (Å²) in [5.41, 5.74) is 6.17. The molecule has 2 nitrogen and oxygen atoms in total. The monoisotopic (exact) mass is 187 g/mol. The summed E-state index contributed by atoms with van der Waals surface area (Å²) in [6.45, 7) is 9.03. The van der Waals surface area contributed by atoms with Crippen LogP contribution in [0.2, 0.25) is 0 Å². The van der Waals surface area contributed by atoms with E-state index in [9.17, 15) is 0 Å². The number of hydrogen-bond acceptors (Lipinski definition) is 2. The molecule has 0 bridgehead atoms. The molecule has 0 saturated heterocycles. The molecule has 0 unspecified atom stereocenters. The Morgan fingerprint density at radius 1 is 1.15 bits per heavy atom. The summed E-state index contributed by atoms with van der Waals surface area (Å²) in [5, 5.41) is 0. The fraction of sp³-hybridized carbons (Fsp3) is 1.00. The van der Waals surface area contributed by atoms with Crippen molar-refractivity contribution in [1.29, 1.82) is 0 Å². The van der Waals surface area contributed by atoms with Crippen molar-refractivity contribution < 1.29 is 4.74 Å². The van der Waals surface area contributed by atoms with E-state index in [1.807, 2.05) is 6.92 Å². The van der Waals surface area contributed by atoms with E-state index in [0.29, 0.717) is 5.41 Å². The molecule has 0 atom stereocenters. The van der Waals surface area contributed by atoms with Gasteiger partial charge in [0.25, 0.3) is 0 Å². The molecule has 0 aromatic heterocycles. The molecule has 0 saturated carbocycles. The molecule has 0 radical (unpaired) electrons. The molecule has 80 valence electrons. The lowest BCUT2D eigenvalue weighted by Gasteiger charge is -2.30. The minimum Gasteiger partial charge on any atom is -0.382 e. The maximum absolute atomic E-state index is 5.80. The first-order chi connectivity index (χ1) is 6.24. The Morgan fingerprint density at radius 2 is 1.77 bits per heavy atom. The Morgan fingerprint density at radius 3 is 2.15 bits per heavy atom. The topological polar surface area (TPSA) is 35.2 Å². The van der Waals surface area contributed by atoms with Crippen LogP contribution in [-0.4, -0.2) is 19.8 Å². The van der Waals surface area contributed by atoms with E-state index in [-0.39, 0.29) is 0 Å². The predicted octanol–water partition coefficient (Wildman–Crippen LogP) is 2.57. The summed E-state index contributed by atoms with van der Waals surface area (Å²) in [5.74, 6) is 0. The number of rotatable bonds is 8. The highest BCUT2D eigenvalue weighted by atomic mass is 16.5. The molecule has 13 heavy (non-hydrogen) atoms. The number of hydrogen-bond donors (Lipinski definition) is 1. The maximum atomic E-state index is 5.80. The Bertz CT molecular complexity index is 102. The molecule has 0 amide bonds. The van der Waals surface area contributed by atoms with E-state index in [1.54, 1.807) is 0 Å². The van der Waals surface area contributed by atoms with Crippen LogP contribution in [0.15, 0.2) is 0 Å². The molecule has 0 aromatic carbocycles. The quantitative estimate of drug-likeness (QED) is 0.593. The first-order valence-electron chi connectivity index (χ1n) is 5.52. The van der Waals surface area contributed by atoms with E-state index in [4.69, 9.17) is 10.5 Å². The van der Waals surface area contributed by atoms with Crippen LogP contribution < -0.4 is 5.73 Å². The molecule has 2 heteroatoms. The highest BCUT2D eigenvalue weighted by Crippen LogP contribution is 2.30. The zero-order valence-corrected chi connectivity index (χ0v) is 9.44. The summed E-state index contributed by atoms with van der Waals surface area (Å²) in [4.78, 5) is 0. The molecular formula is C11H25NO. The van der Waals surface area contributed by atoms with Crippen molar-refractivity contribution in [2.24, 2.45) is 11.1 Å². The molecule has 0 aliphatic heterocycles. The first-order valence-corrected chi connectivity index (χ1v) is 5.52. The van der Waals surface area contributed by atoms with Crippen molar-refractivity contribution in [1.82, 2.24) is 0 Å². The average molecular weight is 187 g/mol. The van der Waals surface area contributed by atoms with Gasteiger partial charge in [-0.3, -0.25) is 0 Å². The zero-order valence-electron chi connectivity index (χ0n) is 9.44. The van der Waals surface area contributed by atoms with Crippen LogP contribution in [0.25, 0.3) is 0 Å². The van der Waals surface area contributed by atoms with Gasteiger partial charge in [0.05, 0.1) is 0 Å². The largest absolute Gasteiger partial charge is 0.382 e. The van der Waals surface area contributed by atoms with Crippen molar-refractivity contribution in [2.75, 3.05) is 19.8 Å². The van der Waals surface area contributed by atoms with Gasteiger partial charge >= 0.3 is 0 Å². The molecule has 0 heterocycles. The van der Waals surface area contributed by atoms with Crippen LogP contribution in [0.5, 0.6) is 0 Å². The summed E-state index contributed by atoms with van der Waals surface area (Å²) in [6, 6.07) is 0. The summed E-state index contributed by atoms with van der Waals surface area (Å²) < 4.78 is 5.32. The van der Waals surface area contributed by atoms with E-state index in [1.165, 1.54) is 19.3 Å². The van der Waals surface area contributed by atoms with Crippen LogP contribution in [0.3, 0.4) is 0 Å². The van der Waals surface area contributed by atoms with Crippen molar-refractivity contribution in [3.63, 3.8) is 0 Å². The normalized spacial score (nSPS) is 12.0. The van der Waals surface area contributed by atoms with E-state index in [0.717, 1.165) is 26.2 Å². The minimum absolute atomic E-state index is 0.372. The third-order valence-corrected chi connectivity index (χ3v) is 3.13. The second-order valence-electron chi connectivity index (χ2n) is 3.71. The molecule has 0 fully saturated rings. The van der Waals surface area contributed by atoms with Crippen molar-refractivity contribution in [3.05, 3.63) is 0 Å². The Labute approximate surface area is 82.8 Å². The van der Waals surface area contributed by atoms with E-state index < -0.39 is 0 Å². The molecule has 0 rings (SSSR count). The smallest absolute Gasteiger partial charge is 0.0466 e. The molecule has 0 aliphatic carbocycles. The van der Waals surface area contributed by atoms with Gasteiger partial charge in [-0.15, -0.1) is 0 Å².